The van der Waals surface area contributed by atoms with Crippen LogP contribution in [0.25, 0.3) is 5.57 Å². The van der Waals surface area contributed by atoms with Crippen molar-refractivity contribution in [3.63, 3.8) is 0 Å². The van der Waals surface area contributed by atoms with Crippen LogP contribution in [0.15, 0.2) is 54.1 Å². The molecule has 1 unspecified atom stereocenters. The fourth-order valence-electron chi connectivity index (χ4n) is 3.75. The first-order chi connectivity index (χ1) is 10.2. The molecule has 0 radical (unpaired) electrons. The molecular formula is C19H18ClN. The number of likely N-dealkylation sites (N-methyl/N-ethyl adjacent to an activating group) is 1. The number of likely N-dealkylation sites (tertiary alicyclic amines) is 1. The lowest BCUT2D eigenvalue weighted by Gasteiger charge is -2.30. The van der Waals surface area contributed by atoms with E-state index in [2.05, 4.69) is 54.4 Å². The lowest BCUT2D eigenvalue weighted by Crippen LogP contribution is -2.31. The van der Waals surface area contributed by atoms with Gasteiger partial charge in [0.05, 0.1) is 0 Å². The molecule has 2 aliphatic rings. The van der Waals surface area contributed by atoms with E-state index in [-0.39, 0.29) is 0 Å². The van der Waals surface area contributed by atoms with Gasteiger partial charge in [-0.15, -0.1) is 0 Å². The third kappa shape index (κ3) is 2.12. The van der Waals surface area contributed by atoms with Crippen LogP contribution in [0.5, 0.6) is 0 Å². The van der Waals surface area contributed by atoms with Gasteiger partial charge in [-0.3, -0.25) is 0 Å². The van der Waals surface area contributed by atoms with Crippen LogP contribution in [0.2, 0.25) is 5.02 Å². The Hall–Kier alpha value is -1.57. The van der Waals surface area contributed by atoms with E-state index in [0.29, 0.717) is 5.92 Å². The number of benzene rings is 2. The zero-order valence-corrected chi connectivity index (χ0v) is 12.9. The largest absolute Gasteiger partial charge is 0.305 e. The van der Waals surface area contributed by atoms with Crippen molar-refractivity contribution >= 4 is 17.2 Å². The maximum Gasteiger partial charge on any atom is 0.0412 e. The maximum absolute atomic E-state index is 6.27. The summed E-state index contributed by atoms with van der Waals surface area (Å²) >= 11 is 6.27. The van der Waals surface area contributed by atoms with Crippen LogP contribution in [-0.2, 0) is 0 Å². The van der Waals surface area contributed by atoms with E-state index in [9.17, 15) is 0 Å². The molecule has 4 rings (SSSR count). The Labute approximate surface area is 130 Å². The molecule has 1 nitrogen and oxygen atoms in total. The molecule has 1 aliphatic heterocycles. The summed E-state index contributed by atoms with van der Waals surface area (Å²) in [4.78, 5) is 2.43. The Morgan fingerprint density at radius 1 is 1.10 bits per heavy atom. The zero-order valence-electron chi connectivity index (χ0n) is 12.1. The monoisotopic (exact) mass is 295 g/mol. The summed E-state index contributed by atoms with van der Waals surface area (Å²) in [5.74, 6) is 0.534. The Morgan fingerprint density at radius 2 is 1.90 bits per heavy atom. The van der Waals surface area contributed by atoms with Crippen molar-refractivity contribution in [1.82, 2.24) is 4.90 Å². The first-order valence-electron chi connectivity index (χ1n) is 7.51. The highest BCUT2D eigenvalue weighted by Crippen LogP contribution is 2.48. The van der Waals surface area contributed by atoms with Gasteiger partial charge in [-0.05, 0) is 47.9 Å². The second-order valence-corrected chi connectivity index (χ2v) is 6.50. The average Bonchev–Trinajstić information content (AvgIpc) is 2.81. The SMILES string of the molecule is CN1CCC2=C(c3ccccc3)c3cc(Cl)ccc3C2C1. The van der Waals surface area contributed by atoms with Crippen LogP contribution in [0.4, 0.5) is 0 Å². The van der Waals surface area contributed by atoms with Gasteiger partial charge in [0, 0.05) is 24.0 Å². The van der Waals surface area contributed by atoms with E-state index in [4.69, 9.17) is 11.6 Å². The van der Waals surface area contributed by atoms with Crippen LogP contribution in [0.1, 0.15) is 29.0 Å². The minimum atomic E-state index is 0.534. The molecule has 0 bridgehead atoms. The van der Waals surface area contributed by atoms with Crippen LogP contribution in [0.3, 0.4) is 0 Å². The smallest absolute Gasteiger partial charge is 0.0412 e. The molecule has 1 atom stereocenters. The Balaban J connectivity index is 1.94. The minimum absolute atomic E-state index is 0.534. The topological polar surface area (TPSA) is 3.24 Å². The normalized spacial score (nSPS) is 21.3. The predicted octanol–water partition coefficient (Wildman–Crippen LogP) is 4.57. The average molecular weight is 296 g/mol. The highest BCUT2D eigenvalue weighted by atomic mass is 35.5. The predicted molar refractivity (Wildman–Crippen MR) is 88.8 cm³/mol. The van der Waals surface area contributed by atoms with Gasteiger partial charge in [-0.1, -0.05) is 53.6 Å². The number of rotatable bonds is 1. The first-order valence-corrected chi connectivity index (χ1v) is 7.88. The summed E-state index contributed by atoms with van der Waals surface area (Å²) in [6.07, 6.45) is 1.15. The third-order valence-corrected chi connectivity index (χ3v) is 4.96. The molecule has 21 heavy (non-hydrogen) atoms. The number of nitrogens with zero attached hydrogens (tertiary/aromatic N) is 1. The van der Waals surface area contributed by atoms with Crippen molar-refractivity contribution in [2.24, 2.45) is 0 Å². The van der Waals surface area contributed by atoms with Gasteiger partial charge in [0.1, 0.15) is 0 Å². The van der Waals surface area contributed by atoms with Crippen LogP contribution in [-0.4, -0.2) is 25.0 Å². The van der Waals surface area contributed by atoms with Crippen molar-refractivity contribution < 1.29 is 0 Å². The fourth-order valence-corrected chi connectivity index (χ4v) is 3.92. The van der Waals surface area contributed by atoms with E-state index in [1.165, 1.54) is 22.3 Å². The molecule has 0 saturated carbocycles. The quantitative estimate of drug-likeness (QED) is 0.744. The van der Waals surface area contributed by atoms with Crippen molar-refractivity contribution in [3.05, 3.63) is 75.8 Å². The molecule has 0 aromatic heterocycles. The number of piperidine rings is 1. The summed E-state index contributed by atoms with van der Waals surface area (Å²) < 4.78 is 0. The Morgan fingerprint density at radius 3 is 2.71 bits per heavy atom. The maximum atomic E-state index is 6.27. The van der Waals surface area contributed by atoms with Crippen LogP contribution in [0, 0.1) is 0 Å². The van der Waals surface area contributed by atoms with Gasteiger partial charge < -0.3 is 4.90 Å². The first kappa shape index (κ1) is 13.1. The molecule has 0 spiro atoms. The van der Waals surface area contributed by atoms with Crippen molar-refractivity contribution in [2.45, 2.75) is 12.3 Å². The van der Waals surface area contributed by atoms with Crippen molar-refractivity contribution in [1.29, 1.82) is 0 Å². The van der Waals surface area contributed by atoms with E-state index in [1.807, 2.05) is 6.07 Å². The summed E-state index contributed by atoms with van der Waals surface area (Å²) in [5, 5.41) is 0.829. The summed E-state index contributed by atoms with van der Waals surface area (Å²) in [5.41, 5.74) is 7.12. The van der Waals surface area contributed by atoms with Gasteiger partial charge in [-0.2, -0.15) is 0 Å². The molecule has 2 heteroatoms. The van der Waals surface area contributed by atoms with Gasteiger partial charge >= 0.3 is 0 Å². The molecule has 1 heterocycles. The second kappa shape index (κ2) is 5.01. The fraction of sp³-hybridized carbons (Fsp3) is 0.263. The van der Waals surface area contributed by atoms with E-state index in [1.54, 1.807) is 5.57 Å². The molecule has 2 aromatic rings. The van der Waals surface area contributed by atoms with E-state index < -0.39 is 0 Å². The van der Waals surface area contributed by atoms with Crippen LogP contribution < -0.4 is 0 Å². The van der Waals surface area contributed by atoms with Gasteiger partial charge in [0.25, 0.3) is 0 Å². The zero-order chi connectivity index (χ0) is 14.4. The number of hydrogen-bond donors (Lipinski definition) is 0. The van der Waals surface area contributed by atoms with Crippen LogP contribution >= 0.6 is 11.6 Å². The number of halogens is 1. The highest BCUT2D eigenvalue weighted by molar-refractivity contribution is 6.30. The Bertz CT molecular complexity index is 718. The third-order valence-electron chi connectivity index (χ3n) is 4.72. The lowest BCUT2D eigenvalue weighted by molar-refractivity contribution is 0.294. The van der Waals surface area contributed by atoms with E-state index in [0.717, 1.165) is 24.5 Å². The lowest BCUT2D eigenvalue weighted by atomic mass is 9.89. The van der Waals surface area contributed by atoms with Gasteiger partial charge in [-0.25, -0.2) is 0 Å². The summed E-state index contributed by atoms with van der Waals surface area (Å²) in [6.45, 7) is 2.25. The Kier molecular flexibility index (Phi) is 3.13. The molecular weight excluding hydrogens is 278 g/mol. The van der Waals surface area contributed by atoms with Crippen molar-refractivity contribution in [2.75, 3.05) is 20.1 Å². The molecule has 0 amide bonds. The second-order valence-electron chi connectivity index (χ2n) is 6.06. The molecule has 106 valence electrons. The molecule has 2 aromatic carbocycles. The highest BCUT2D eigenvalue weighted by Gasteiger charge is 2.34. The van der Waals surface area contributed by atoms with Gasteiger partial charge in [0.15, 0.2) is 0 Å². The molecule has 1 fully saturated rings. The number of hydrogen-bond acceptors (Lipinski definition) is 1. The summed E-state index contributed by atoms with van der Waals surface area (Å²) in [6, 6.07) is 17.1. The summed E-state index contributed by atoms with van der Waals surface area (Å²) in [7, 11) is 2.22. The van der Waals surface area contributed by atoms with Gasteiger partial charge in [0.2, 0.25) is 0 Å². The molecule has 1 aliphatic carbocycles. The van der Waals surface area contributed by atoms with Crippen molar-refractivity contribution in [3.8, 4) is 0 Å². The molecule has 0 N–H and O–H groups in total. The standard InChI is InChI=1S/C19H18ClN/c1-21-10-9-16-18(12-21)15-8-7-14(20)11-17(15)19(16)13-5-3-2-4-6-13/h2-8,11,18H,9-10,12H2,1H3. The molecule has 1 saturated heterocycles. The number of fused-ring (bicyclic) bond motifs is 3. The minimum Gasteiger partial charge on any atom is -0.305 e. The van der Waals surface area contributed by atoms with E-state index >= 15 is 0 Å².